The lowest BCUT2D eigenvalue weighted by molar-refractivity contribution is 0.111. The SMILES string of the molecule is CCCC/C=C/C(C)(O)c1ccccc1Cl. The van der Waals surface area contributed by atoms with Gasteiger partial charge in [-0.05, 0) is 19.4 Å². The topological polar surface area (TPSA) is 20.2 Å². The van der Waals surface area contributed by atoms with E-state index in [1.807, 2.05) is 30.4 Å². The van der Waals surface area contributed by atoms with Crippen molar-refractivity contribution in [1.82, 2.24) is 0 Å². The van der Waals surface area contributed by atoms with E-state index in [2.05, 4.69) is 6.92 Å². The van der Waals surface area contributed by atoms with Gasteiger partial charge >= 0.3 is 0 Å². The summed E-state index contributed by atoms with van der Waals surface area (Å²) in [6.45, 7) is 3.91. The first-order valence-electron chi connectivity index (χ1n) is 5.73. The maximum Gasteiger partial charge on any atom is 0.106 e. The van der Waals surface area contributed by atoms with Crippen LogP contribution < -0.4 is 0 Å². The molecule has 0 heterocycles. The molecule has 0 fully saturated rings. The van der Waals surface area contributed by atoms with Gasteiger partial charge in [-0.15, -0.1) is 0 Å². The van der Waals surface area contributed by atoms with Gasteiger partial charge in [-0.1, -0.05) is 61.7 Å². The van der Waals surface area contributed by atoms with Crippen LogP contribution in [0.2, 0.25) is 5.02 Å². The summed E-state index contributed by atoms with van der Waals surface area (Å²) in [7, 11) is 0. The van der Waals surface area contributed by atoms with Crippen LogP contribution in [0.15, 0.2) is 36.4 Å². The first-order chi connectivity index (χ1) is 7.58. The molecule has 0 aliphatic rings. The van der Waals surface area contributed by atoms with Crippen molar-refractivity contribution in [3.05, 3.63) is 47.0 Å². The Morgan fingerprint density at radius 1 is 1.38 bits per heavy atom. The zero-order valence-corrected chi connectivity index (χ0v) is 10.7. The standard InChI is InChI=1S/C14H19ClO/c1-3-4-5-8-11-14(2,16)12-9-6-7-10-13(12)15/h6-11,16H,3-5H2,1-2H3/b11-8+. The molecular formula is C14H19ClO. The van der Waals surface area contributed by atoms with Crippen molar-refractivity contribution in [2.24, 2.45) is 0 Å². The van der Waals surface area contributed by atoms with E-state index in [9.17, 15) is 5.11 Å². The average molecular weight is 239 g/mol. The van der Waals surface area contributed by atoms with Crippen LogP contribution in [0.5, 0.6) is 0 Å². The summed E-state index contributed by atoms with van der Waals surface area (Å²) in [5.41, 5.74) is -0.226. The molecule has 16 heavy (non-hydrogen) atoms. The molecule has 1 atom stereocenters. The highest BCUT2D eigenvalue weighted by molar-refractivity contribution is 6.31. The second-order valence-corrected chi connectivity index (χ2v) is 4.58. The number of hydrogen-bond acceptors (Lipinski definition) is 1. The summed E-state index contributed by atoms with van der Waals surface area (Å²) in [4.78, 5) is 0. The predicted molar refractivity (Wildman–Crippen MR) is 69.7 cm³/mol. The molecule has 0 amide bonds. The number of aliphatic hydroxyl groups is 1. The van der Waals surface area contributed by atoms with E-state index in [-0.39, 0.29) is 0 Å². The third kappa shape index (κ3) is 3.66. The van der Waals surface area contributed by atoms with E-state index in [1.165, 1.54) is 6.42 Å². The summed E-state index contributed by atoms with van der Waals surface area (Å²) < 4.78 is 0. The number of rotatable bonds is 5. The molecule has 1 nitrogen and oxygen atoms in total. The third-order valence-corrected chi connectivity index (χ3v) is 2.92. The number of allylic oxidation sites excluding steroid dienone is 1. The molecular weight excluding hydrogens is 220 g/mol. The molecule has 0 bridgehead atoms. The highest BCUT2D eigenvalue weighted by Gasteiger charge is 2.21. The Morgan fingerprint density at radius 2 is 2.06 bits per heavy atom. The summed E-state index contributed by atoms with van der Waals surface area (Å²) in [6.07, 6.45) is 7.15. The van der Waals surface area contributed by atoms with E-state index in [1.54, 1.807) is 13.0 Å². The van der Waals surface area contributed by atoms with Crippen LogP contribution in [0.25, 0.3) is 0 Å². The lowest BCUT2D eigenvalue weighted by Gasteiger charge is -2.20. The van der Waals surface area contributed by atoms with Crippen molar-refractivity contribution in [2.75, 3.05) is 0 Å². The maximum absolute atomic E-state index is 10.3. The van der Waals surface area contributed by atoms with Crippen molar-refractivity contribution in [3.8, 4) is 0 Å². The Balaban J connectivity index is 2.77. The zero-order valence-electron chi connectivity index (χ0n) is 9.91. The Hall–Kier alpha value is -0.790. The van der Waals surface area contributed by atoms with Gasteiger partial charge in [-0.25, -0.2) is 0 Å². The van der Waals surface area contributed by atoms with E-state index in [0.717, 1.165) is 18.4 Å². The summed E-state index contributed by atoms with van der Waals surface area (Å²) >= 11 is 6.05. The van der Waals surface area contributed by atoms with Crippen LogP contribution in [0.1, 0.15) is 38.7 Å². The van der Waals surface area contributed by atoms with Crippen LogP contribution in [0, 0.1) is 0 Å². The Kier molecular flexibility index (Phi) is 5.04. The monoisotopic (exact) mass is 238 g/mol. The first-order valence-corrected chi connectivity index (χ1v) is 6.11. The Labute approximate surface area is 103 Å². The molecule has 0 spiro atoms. The molecule has 0 saturated heterocycles. The molecule has 2 heteroatoms. The normalized spacial score (nSPS) is 15.2. The van der Waals surface area contributed by atoms with Crippen molar-refractivity contribution in [1.29, 1.82) is 0 Å². The summed E-state index contributed by atoms with van der Waals surface area (Å²) in [5.74, 6) is 0. The van der Waals surface area contributed by atoms with Crippen LogP contribution >= 0.6 is 11.6 Å². The minimum Gasteiger partial charge on any atom is -0.381 e. The largest absolute Gasteiger partial charge is 0.381 e. The maximum atomic E-state index is 10.3. The van der Waals surface area contributed by atoms with Crippen LogP contribution in [-0.2, 0) is 5.60 Å². The molecule has 1 aromatic rings. The molecule has 0 aliphatic carbocycles. The molecule has 88 valence electrons. The second-order valence-electron chi connectivity index (χ2n) is 4.17. The van der Waals surface area contributed by atoms with E-state index >= 15 is 0 Å². The Bertz CT molecular complexity index is 356. The van der Waals surface area contributed by atoms with E-state index in [0.29, 0.717) is 5.02 Å². The van der Waals surface area contributed by atoms with Crippen molar-refractivity contribution in [2.45, 2.75) is 38.7 Å². The van der Waals surface area contributed by atoms with Crippen LogP contribution in [0.3, 0.4) is 0 Å². The van der Waals surface area contributed by atoms with Crippen LogP contribution in [0.4, 0.5) is 0 Å². The van der Waals surface area contributed by atoms with Gasteiger partial charge in [-0.3, -0.25) is 0 Å². The molecule has 0 radical (unpaired) electrons. The van der Waals surface area contributed by atoms with Crippen molar-refractivity contribution in [3.63, 3.8) is 0 Å². The quantitative estimate of drug-likeness (QED) is 0.599. The van der Waals surface area contributed by atoms with E-state index in [4.69, 9.17) is 11.6 Å². The number of halogens is 1. The van der Waals surface area contributed by atoms with E-state index < -0.39 is 5.60 Å². The van der Waals surface area contributed by atoms with Gasteiger partial charge < -0.3 is 5.11 Å². The van der Waals surface area contributed by atoms with Crippen molar-refractivity contribution < 1.29 is 5.11 Å². The highest BCUT2D eigenvalue weighted by atomic mass is 35.5. The molecule has 1 rings (SSSR count). The smallest absolute Gasteiger partial charge is 0.106 e. The summed E-state index contributed by atoms with van der Waals surface area (Å²) in [5, 5.41) is 10.9. The molecule has 1 aromatic carbocycles. The fourth-order valence-electron chi connectivity index (χ4n) is 1.60. The lowest BCUT2D eigenvalue weighted by Crippen LogP contribution is -2.18. The molecule has 1 N–H and O–H groups in total. The third-order valence-electron chi connectivity index (χ3n) is 2.59. The lowest BCUT2D eigenvalue weighted by atomic mass is 9.95. The van der Waals surface area contributed by atoms with Crippen LogP contribution in [-0.4, -0.2) is 5.11 Å². The fourth-order valence-corrected chi connectivity index (χ4v) is 1.92. The van der Waals surface area contributed by atoms with Gasteiger partial charge in [0, 0.05) is 10.6 Å². The van der Waals surface area contributed by atoms with Crippen molar-refractivity contribution >= 4 is 11.6 Å². The number of hydrogen-bond donors (Lipinski definition) is 1. The van der Waals surface area contributed by atoms with Gasteiger partial charge in [0.1, 0.15) is 5.60 Å². The minimum atomic E-state index is -0.980. The van der Waals surface area contributed by atoms with Gasteiger partial charge in [0.25, 0.3) is 0 Å². The first kappa shape index (κ1) is 13.3. The van der Waals surface area contributed by atoms with Gasteiger partial charge in [0.2, 0.25) is 0 Å². The zero-order chi connectivity index (χ0) is 12.0. The number of benzene rings is 1. The molecule has 0 saturated carbocycles. The Morgan fingerprint density at radius 3 is 2.69 bits per heavy atom. The predicted octanol–water partition coefficient (Wildman–Crippen LogP) is 4.29. The number of unbranched alkanes of at least 4 members (excludes halogenated alkanes) is 2. The highest BCUT2D eigenvalue weighted by Crippen LogP contribution is 2.28. The minimum absolute atomic E-state index is 0.604. The van der Waals surface area contributed by atoms with Gasteiger partial charge in [0.05, 0.1) is 0 Å². The fraction of sp³-hybridized carbons (Fsp3) is 0.429. The average Bonchev–Trinajstić information content (AvgIpc) is 2.25. The molecule has 0 aromatic heterocycles. The molecule has 1 unspecified atom stereocenters. The molecule has 0 aliphatic heterocycles. The summed E-state index contributed by atoms with van der Waals surface area (Å²) in [6, 6.07) is 7.40. The second kappa shape index (κ2) is 6.07. The van der Waals surface area contributed by atoms with Gasteiger partial charge in [0.15, 0.2) is 0 Å². The van der Waals surface area contributed by atoms with Gasteiger partial charge in [-0.2, -0.15) is 0 Å².